The predicted molar refractivity (Wildman–Crippen MR) is 73.0 cm³/mol. The summed E-state index contributed by atoms with van der Waals surface area (Å²) >= 11 is 5.93. The molecule has 0 aliphatic carbocycles. The van der Waals surface area contributed by atoms with Crippen molar-refractivity contribution in [2.45, 2.75) is 27.7 Å². The maximum atomic E-state index is 5.93. The molecule has 0 saturated heterocycles. The normalized spacial score (nSPS) is 13.6. The summed E-state index contributed by atoms with van der Waals surface area (Å²) in [7, 11) is 0. The van der Waals surface area contributed by atoms with Crippen molar-refractivity contribution in [1.82, 2.24) is 0 Å². The van der Waals surface area contributed by atoms with E-state index in [1.807, 2.05) is 12.1 Å². The summed E-state index contributed by atoms with van der Waals surface area (Å²) in [6, 6.07) is 5.49. The van der Waals surface area contributed by atoms with Gasteiger partial charge < -0.3 is 11.1 Å². The third-order valence-corrected chi connectivity index (χ3v) is 3.33. The van der Waals surface area contributed by atoms with E-state index >= 15 is 0 Å². The average Bonchev–Trinajstić information content (AvgIpc) is 2.17. The molecule has 3 N–H and O–H groups in total. The minimum Gasteiger partial charge on any atom is -0.397 e. The molecule has 0 aromatic heterocycles. The van der Waals surface area contributed by atoms with Crippen LogP contribution in [-0.4, -0.2) is 6.54 Å². The summed E-state index contributed by atoms with van der Waals surface area (Å²) in [5.41, 5.74) is 7.82. The van der Waals surface area contributed by atoms with Crippen molar-refractivity contribution in [2.75, 3.05) is 17.6 Å². The fraction of sp³-hybridized carbons (Fsp3) is 0.538. The van der Waals surface area contributed by atoms with Crippen LogP contribution in [0.15, 0.2) is 18.2 Å². The molecule has 0 aliphatic rings. The van der Waals surface area contributed by atoms with Gasteiger partial charge in [-0.3, -0.25) is 0 Å². The van der Waals surface area contributed by atoms with Crippen molar-refractivity contribution >= 4 is 23.0 Å². The number of hydrogen-bond donors (Lipinski definition) is 2. The van der Waals surface area contributed by atoms with Gasteiger partial charge in [-0.05, 0) is 29.5 Å². The first-order valence-electron chi connectivity index (χ1n) is 5.59. The van der Waals surface area contributed by atoms with Crippen LogP contribution in [0.25, 0.3) is 0 Å². The second kappa shape index (κ2) is 4.96. The fourth-order valence-electron chi connectivity index (χ4n) is 1.25. The molecule has 1 aromatic carbocycles. The summed E-state index contributed by atoms with van der Waals surface area (Å²) in [5, 5.41) is 4.06. The lowest BCUT2D eigenvalue weighted by atomic mass is 9.82. The lowest BCUT2D eigenvalue weighted by molar-refractivity contribution is 0.274. The van der Waals surface area contributed by atoms with Crippen molar-refractivity contribution in [1.29, 1.82) is 0 Å². The van der Waals surface area contributed by atoms with E-state index in [4.69, 9.17) is 17.3 Å². The third-order valence-electron chi connectivity index (χ3n) is 3.09. The van der Waals surface area contributed by atoms with E-state index in [1.165, 1.54) is 0 Å². The first kappa shape index (κ1) is 13.2. The van der Waals surface area contributed by atoms with Gasteiger partial charge in [0, 0.05) is 11.6 Å². The molecule has 1 aromatic rings. The van der Waals surface area contributed by atoms with Crippen LogP contribution in [0.5, 0.6) is 0 Å². The van der Waals surface area contributed by atoms with Gasteiger partial charge in [-0.15, -0.1) is 0 Å². The Hall–Kier alpha value is -0.890. The molecule has 0 radical (unpaired) electrons. The minimum atomic E-state index is 0.292. The molecule has 0 amide bonds. The van der Waals surface area contributed by atoms with Crippen LogP contribution in [0.4, 0.5) is 11.4 Å². The maximum Gasteiger partial charge on any atom is 0.0588 e. The molecule has 0 bridgehead atoms. The Morgan fingerprint density at radius 2 is 2.00 bits per heavy atom. The smallest absolute Gasteiger partial charge is 0.0588 e. The quantitative estimate of drug-likeness (QED) is 0.784. The molecule has 3 heteroatoms. The zero-order valence-corrected chi connectivity index (χ0v) is 11.2. The first-order chi connectivity index (χ1) is 7.30. The SMILES string of the molecule is CC(CNc1cc(Cl)ccc1N)C(C)(C)C. The van der Waals surface area contributed by atoms with Crippen LogP contribution in [-0.2, 0) is 0 Å². The van der Waals surface area contributed by atoms with Gasteiger partial charge >= 0.3 is 0 Å². The number of nitrogen functional groups attached to an aromatic ring is 1. The van der Waals surface area contributed by atoms with Gasteiger partial charge in [0.05, 0.1) is 11.4 Å². The molecule has 1 unspecified atom stereocenters. The van der Waals surface area contributed by atoms with Crippen LogP contribution in [0.1, 0.15) is 27.7 Å². The third kappa shape index (κ3) is 3.60. The second-order valence-corrected chi connectivity index (χ2v) is 5.82. The number of benzene rings is 1. The molecule has 0 spiro atoms. The highest BCUT2D eigenvalue weighted by molar-refractivity contribution is 6.31. The Balaban J connectivity index is 2.64. The van der Waals surface area contributed by atoms with E-state index in [1.54, 1.807) is 6.07 Å². The lowest BCUT2D eigenvalue weighted by Crippen LogP contribution is -2.25. The fourth-order valence-corrected chi connectivity index (χ4v) is 1.42. The lowest BCUT2D eigenvalue weighted by Gasteiger charge is -2.28. The zero-order chi connectivity index (χ0) is 12.3. The largest absolute Gasteiger partial charge is 0.397 e. The standard InChI is InChI=1S/C13H21ClN2/c1-9(13(2,3)4)8-16-12-7-10(14)5-6-11(12)15/h5-7,9,16H,8,15H2,1-4H3. The first-order valence-corrected chi connectivity index (χ1v) is 5.97. The molecule has 0 aliphatic heterocycles. The van der Waals surface area contributed by atoms with Crippen molar-refractivity contribution < 1.29 is 0 Å². The zero-order valence-electron chi connectivity index (χ0n) is 10.5. The highest BCUT2D eigenvalue weighted by Gasteiger charge is 2.19. The molecule has 1 atom stereocenters. The minimum absolute atomic E-state index is 0.292. The number of halogens is 1. The Kier molecular flexibility index (Phi) is 4.09. The molecule has 90 valence electrons. The van der Waals surface area contributed by atoms with Crippen LogP contribution in [0.2, 0.25) is 5.02 Å². The van der Waals surface area contributed by atoms with Gasteiger partial charge in [-0.1, -0.05) is 39.3 Å². The van der Waals surface area contributed by atoms with E-state index in [0.717, 1.165) is 17.9 Å². The van der Waals surface area contributed by atoms with Gasteiger partial charge in [0.15, 0.2) is 0 Å². The van der Waals surface area contributed by atoms with Gasteiger partial charge in [0.25, 0.3) is 0 Å². The Morgan fingerprint density at radius 1 is 1.38 bits per heavy atom. The highest BCUT2D eigenvalue weighted by Crippen LogP contribution is 2.27. The van der Waals surface area contributed by atoms with E-state index in [0.29, 0.717) is 16.4 Å². The van der Waals surface area contributed by atoms with Crippen LogP contribution < -0.4 is 11.1 Å². The number of nitrogens with two attached hydrogens (primary N) is 1. The topological polar surface area (TPSA) is 38.0 Å². The Morgan fingerprint density at radius 3 is 2.56 bits per heavy atom. The molecule has 1 rings (SSSR count). The second-order valence-electron chi connectivity index (χ2n) is 5.38. The highest BCUT2D eigenvalue weighted by atomic mass is 35.5. The molecule has 2 nitrogen and oxygen atoms in total. The van der Waals surface area contributed by atoms with E-state index in [9.17, 15) is 0 Å². The number of nitrogens with one attached hydrogen (secondary N) is 1. The predicted octanol–water partition coefficient (Wildman–Crippen LogP) is 4.02. The number of anilines is 2. The number of hydrogen-bond acceptors (Lipinski definition) is 2. The summed E-state index contributed by atoms with van der Waals surface area (Å²) < 4.78 is 0. The van der Waals surface area contributed by atoms with Gasteiger partial charge in [-0.2, -0.15) is 0 Å². The Bertz CT molecular complexity index is 355. The van der Waals surface area contributed by atoms with Crippen LogP contribution >= 0.6 is 11.6 Å². The van der Waals surface area contributed by atoms with Gasteiger partial charge in [0.1, 0.15) is 0 Å². The van der Waals surface area contributed by atoms with Crippen LogP contribution in [0.3, 0.4) is 0 Å². The molecule has 0 fully saturated rings. The molecular formula is C13H21ClN2. The average molecular weight is 241 g/mol. The van der Waals surface area contributed by atoms with Crippen molar-refractivity contribution in [2.24, 2.45) is 11.3 Å². The van der Waals surface area contributed by atoms with Crippen LogP contribution in [0, 0.1) is 11.3 Å². The van der Waals surface area contributed by atoms with Crippen molar-refractivity contribution in [3.8, 4) is 0 Å². The van der Waals surface area contributed by atoms with E-state index < -0.39 is 0 Å². The summed E-state index contributed by atoms with van der Waals surface area (Å²) in [6.07, 6.45) is 0. The molecule has 0 saturated carbocycles. The molecule has 0 heterocycles. The Labute approximate surface area is 103 Å². The number of rotatable bonds is 3. The van der Waals surface area contributed by atoms with Crippen molar-refractivity contribution in [3.63, 3.8) is 0 Å². The van der Waals surface area contributed by atoms with Crippen molar-refractivity contribution in [3.05, 3.63) is 23.2 Å². The summed E-state index contributed by atoms with van der Waals surface area (Å²) in [4.78, 5) is 0. The van der Waals surface area contributed by atoms with Gasteiger partial charge in [0.2, 0.25) is 0 Å². The monoisotopic (exact) mass is 240 g/mol. The maximum absolute atomic E-state index is 5.93. The summed E-state index contributed by atoms with van der Waals surface area (Å²) in [5.74, 6) is 0.561. The molecule has 16 heavy (non-hydrogen) atoms. The van der Waals surface area contributed by atoms with Gasteiger partial charge in [-0.25, -0.2) is 0 Å². The summed E-state index contributed by atoms with van der Waals surface area (Å²) in [6.45, 7) is 9.84. The van der Waals surface area contributed by atoms with E-state index in [2.05, 4.69) is 33.0 Å². The molecular weight excluding hydrogens is 220 g/mol. The van der Waals surface area contributed by atoms with E-state index in [-0.39, 0.29) is 0 Å².